The molecule has 0 unspecified atom stereocenters. The van der Waals surface area contributed by atoms with Crippen molar-refractivity contribution in [2.24, 2.45) is 0 Å². The summed E-state index contributed by atoms with van der Waals surface area (Å²) in [5.41, 5.74) is 0. The molecular weight excluding hydrogens is 490 g/mol. The zero-order valence-electron chi connectivity index (χ0n) is 8.35. The fourth-order valence-electron chi connectivity index (χ4n) is 0. The third-order valence-corrected chi connectivity index (χ3v) is 0. The van der Waals surface area contributed by atoms with E-state index >= 15 is 0 Å². The maximum Gasteiger partial charge on any atom is 2.00 e. The molecule has 0 spiro atoms. The Hall–Kier alpha value is 1.41. The molecule has 0 bridgehead atoms. The monoisotopic (exact) mass is 500 g/mol. The zero-order chi connectivity index (χ0) is 14.3. The second kappa shape index (κ2) is 26.1. The van der Waals surface area contributed by atoms with Crippen LogP contribution in [-0.4, -0.2) is 86.8 Å². The quantitative estimate of drug-likeness (QED) is 0.146. The van der Waals surface area contributed by atoms with Crippen LogP contribution in [0.2, 0.25) is 0 Å². The minimum absolute atomic E-state index is 0. The van der Waals surface area contributed by atoms with E-state index in [1.807, 2.05) is 0 Å². The Bertz CT molecular complexity index is 105. The summed E-state index contributed by atoms with van der Waals surface area (Å²) in [5.74, 6) is -0.833. The van der Waals surface area contributed by atoms with E-state index in [2.05, 4.69) is 0 Å². The molecule has 0 atom stereocenters. The van der Waals surface area contributed by atoms with Gasteiger partial charge in [-0.15, -0.1) is 0 Å². The van der Waals surface area contributed by atoms with Crippen LogP contribution in [-0.2, 0) is 24.3 Å². The Kier molecular flexibility index (Phi) is 47.6. The Labute approximate surface area is 125 Å². The van der Waals surface area contributed by atoms with Crippen LogP contribution in [0.3, 0.4) is 0 Å². The average molecular weight is 501 g/mol. The van der Waals surface area contributed by atoms with Gasteiger partial charge in [0.15, 0.2) is 0 Å². The Morgan fingerprint density at radius 2 is 0.882 bits per heavy atom. The number of carbonyl (C=O) groups is 1. The van der Waals surface area contributed by atoms with Gasteiger partial charge in [-0.2, -0.15) is 0 Å². The summed E-state index contributed by atoms with van der Waals surface area (Å²) in [7, 11) is 0. The van der Waals surface area contributed by atoms with E-state index in [0.29, 0.717) is 0 Å². The van der Waals surface area contributed by atoms with Gasteiger partial charge in [0, 0.05) is 6.92 Å². The molecular formula is C2H11As3O11Zn. The SMILES string of the molecule is CC(=O)O.O[As](O)O.O[As](O)O.[O-][As]([O-])O.[Zn+2]. The first-order chi connectivity index (χ1) is 6.93. The van der Waals surface area contributed by atoms with Gasteiger partial charge in [-0.05, 0) is 0 Å². The van der Waals surface area contributed by atoms with Gasteiger partial charge in [0.1, 0.15) is 0 Å². The molecule has 0 rings (SSSR count). The second-order valence-corrected chi connectivity index (χ2v) is 4.54. The predicted octanol–water partition coefficient (Wildman–Crippen LogP) is -7.33. The molecule has 11 nitrogen and oxygen atoms in total. The van der Waals surface area contributed by atoms with Gasteiger partial charge in [-0.3, -0.25) is 4.79 Å². The van der Waals surface area contributed by atoms with Crippen molar-refractivity contribution < 1.29 is 66.2 Å². The van der Waals surface area contributed by atoms with Crippen molar-refractivity contribution >= 4 is 53.0 Å². The molecule has 0 saturated heterocycles. The van der Waals surface area contributed by atoms with Gasteiger partial charge >= 0.3 is 103 Å². The van der Waals surface area contributed by atoms with Crippen LogP contribution in [0.15, 0.2) is 0 Å². The number of hydrogen-bond donors (Lipinski definition) is 8. The number of carboxylic acids is 1. The third kappa shape index (κ3) is 2080. The molecule has 0 aromatic heterocycles. The van der Waals surface area contributed by atoms with Gasteiger partial charge < -0.3 is 5.11 Å². The minimum Gasteiger partial charge on any atom is 2.00 e. The van der Waals surface area contributed by atoms with Crippen molar-refractivity contribution in [3.8, 4) is 0 Å². The molecule has 102 valence electrons. The van der Waals surface area contributed by atoms with Crippen molar-refractivity contribution in [2.75, 3.05) is 0 Å². The Morgan fingerprint density at radius 3 is 0.882 bits per heavy atom. The van der Waals surface area contributed by atoms with Gasteiger partial charge in [-0.25, -0.2) is 0 Å². The molecule has 15 heteroatoms. The van der Waals surface area contributed by atoms with E-state index < -0.39 is 53.0 Å². The molecule has 0 saturated carbocycles. The van der Waals surface area contributed by atoms with E-state index in [0.717, 1.165) is 6.92 Å². The molecule has 0 aliphatic carbocycles. The van der Waals surface area contributed by atoms with Gasteiger partial charge in [0.25, 0.3) is 5.97 Å². The maximum atomic E-state index is 9.00. The van der Waals surface area contributed by atoms with Gasteiger partial charge in [0.05, 0.1) is 0 Å². The summed E-state index contributed by atoms with van der Waals surface area (Å²) in [6.07, 6.45) is 0. The van der Waals surface area contributed by atoms with Crippen LogP contribution in [0.25, 0.3) is 0 Å². The summed E-state index contributed by atoms with van der Waals surface area (Å²) >= 11 is -10.1. The van der Waals surface area contributed by atoms with Crippen LogP contribution >= 0.6 is 0 Å². The van der Waals surface area contributed by atoms with Crippen LogP contribution in [0.4, 0.5) is 0 Å². The van der Waals surface area contributed by atoms with Crippen molar-refractivity contribution in [1.82, 2.24) is 0 Å². The van der Waals surface area contributed by atoms with Crippen LogP contribution in [0.1, 0.15) is 6.92 Å². The summed E-state index contributed by atoms with van der Waals surface area (Å²) in [6.45, 7) is 1.08. The van der Waals surface area contributed by atoms with Crippen molar-refractivity contribution in [3.63, 3.8) is 0 Å². The summed E-state index contributed by atoms with van der Waals surface area (Å²) in [4.78, 5) is 9.00. The largest absolute Gasteiger partial charge is 2.00 e. The third-order valence-electron chi connectivity index (χ3n) is 0. The first kappa shape index (κ1) is 31.0. The molecule has 0 radical (unpaired) electrons. The molecule has 0 fully saturated rings. The van der Waals surface area contributed by atoms with Crippen LogP contribution < -0.4 is 8.19 Å². The van der Waals surface area contributed by atoms with Crippen molar-refractivity contribution in [3.05, 3.63) is 0 Å². The Morgan fingerprint density at radius 1 is 0.882 bits per heavy atom. The van der Waals surface area contributed by atoms with Crippen molar-refractivity contribution in [2.45, 2.75) is 6.92 Å². The number of rotatable bonds is 0. The van der Waals surface area contributed by atoms with E-state index in [1.54, 1.807) is 0 Å². The smallest absolute Gasteiger partial charge is 2.00 e. The molecule has 0 aliphatic rings. The molecule has 0 aliphatic heterocycles. The molecule has 17 heavy (non-hydrogen) atoms. The van der Waals surface area contributed by atoms with E-state index in [4.69, 9.17) is 46.8 Å². The maximum absolute atomic E-state index is 9.00. The van der Waals surface area contributed by atoms with Gasteiger partial charge in [-0.1, -0.05) is 0 Å². The zero-order valence-corrected chi connectivity index (χ0v) is 16.9. The summed E-state index contributed by atoms with van der Waals surface area (Å²) in [6, 6.07) is 0. The van der Waals surface area contributed by atoms with E-state index in [1.165, 1.54) is 0 Å². The van der Waals surface area contributed by atoms with Crippen LogP contribution in [0, 0.1) is 0 Å². The predicted molar refractivity (Wildman–Crippen MR) is 46.1 cm³/mol. The molecule has 0 aromatic carbocycles. The van der Waals surface area contributed by atoms with Crippen LogP contribution in [0.5, 0.6) is 0 Å². The number of carboxylic acid groups (broad SMARTS) is 1. The first-order valence-electron chi connectivity index (χ1n) is 2.69. The molecule has 0 amide bonds. The second-order valence-electron chi connectivity index (χ2n) is 1.29. The van der Waals surface area contributed by atoms with Gasteiger partial charge in [0.2, 0.25) is 0 Å². The standard InChI is InChI=1S/C2H4O2.2AsH3O3.AsHO3.Zn/c1-2(3)4;3*2-1(3)4;/h1H3,(H,3,4);2*2-4H;2H;/q;;;-2;+2. The molecule has 8 N–H and O–H groups in total. The normalized spacial score (nSPS) is 7.82. The molecule has 0 heterocycles. The molecule has 0 aromatic rings. The van der Waals surface area contributed by atoms with E-state index in [9.17, 15) is 0 Å². The average Bonchev–Trinajstić information content (AvgIpc) is 1.76. The first-order valence-corrected chi connectivity index (χ1v) is 10.1. The number of hydrogen-bond acceptors (Lipinski definition) is 10. The summed E-state index contributed by atoms with van der Waals surface area (Å²) in [5, 5.41) is 7.42. The number of aliphatic carboxylic acids is 1. The fraction of sp³-hybridized carbons (Fsp3) is 0.500. The fourth-order valence-corrected chi connectivity index (χ4v) is 0. The topological polar surface area (TPSA) is 225 Å². The summed E-state index contributed by atoms with van der Waals surface area (Å²) < 4.78 is 68.3. The van der Waals surface area contributed by atoms with Crippen molar-refractivity contribution in [1.29, 1.82) is 0 Å². The van der Waals surface area contributed by atoms with E-state index in [-0.39, 0.29) is 19.5 Å². The Balaban J connectivity index is -0.0000000369. The minimum atomic E-state index is -3.69.